The Kier molecular flexibility index (Phi) is 4.83. The summed E-state index contributed by atoms with van der Waals surface area (Å²) in [6.07, 6.45) is 0. The van der Waals surface area contributed by atoms with E-state index < -0.39 is 10.0 Å². The van der Waals surface area contributed by atoms with Crippen molar-refractivity contribution in [3.8, 4) is 0 Å². The summed E-state index contributed by atoms with van der Waals surface area (Å²) in [6.45, 7) is 0.673. The number of rotatable bonds is 5. The van der Waals surface area contributed by atoms with Crippen LogP contribution in [0.1, 0.15) is 5.56 Å². The number of primary sulfonamides is 1. The maximum atomic E-state index is 11.4. The number of sulfonamides is 1. The van der Waals surface area contributed by atoms with Crippen molar-refractivity contribution in [2.45, 2.75) is 11.4 Å². The number of carbonyl (C=O) groups excluding carboxylic acids is 1. The van der Waals surface area contributed by atoms with Gasteiger partial charge in [-0.3, -0.25) is 4.79 Å². The number of benzene rings is 1. The standard InChI is InChI=1S/C11H17N3O3S/c1-14(2)8-11(15)13-7-9-3-5-10(6-4-9)18(12,16)17/h3-6H,7-8H2,1-2H3,(H,13,15)(H2,12,16,17). The molecule has 1 aromatic rings. The molecule has 1 rings (SSSR count). The van der Waals surface area contributed by atoms with E-state index in [0.717, 1.165) is 5.56 Å². The van der Waals surface area contributed by atoms with E-state index in [1.807, 2.05) is 0 Å². The molecule has 1 aromatic carbocycles. The summed E-state index contributed by atoms with van der Waals surface area (Å²) in [4.78, 5) is 13.2. The summed E-state index contributed by atoms with van der Waals surface area (Å²) >= 11 is 0. The molecule has 0 aliphatic carbocycles. The van der Waals surface area contributed by atoms with Crippen LogP contribution in [-0.4, -0.2) is 39.9 Å². The minimum Gasteiger partial charge on any atom is -0.351 e. The molecule has 0 unspecified atom stereocenters. The van der Waals surface area contributed by atoms with Crippen molar-refractivity contribution in [1.82, 2.24) is 10.2 Å². The zero-order valence-electron chi connectivity index (χ0n) is 10.4. The molecular weight excluding hydrogens is 254 g/mol. The quantitative estimate of drug-likeness (QED) is 0.756. The lowest BCUT2D eigenvalue weighted by Crippen LogP contribution is -2.32. The fraction of sp³-hybridized carbons (Fsp3) is 0.364. The van der Waals surface area contributed by atoms with E-state index in [-0.39, 0.29) is 10.8 Å². The van der Waals surface area contributed by atoms with Crippen LogP contribution in [0.15, 0.2) is 29.2 Å². The van der Waals surface area contributed by atoms with Crippen LogP contribution < -0.4 is 10.5 Å². The number of nitrogens with zero attached hydrogens (tertiary/aromatic N) is 1. The predicted octanol–water partition coefficient (Wildman–Crippen LogP) is -0.488. The number of amides is 1. The van der Waals surface area contributed by atoms with Crippen LogP contribution in [0.5, 0.6) is 0 Å². The third-order valence-electron chi connectivity index (χ3n) is 2.20. The minimum atomic E-state index is -3.66. The van der Waals surface area contributed by atoms with Gasteiger partial charge in [0.15, 0.2) is 0 Å². The monoisotopic (exact) mass is 271 g/mol. The summed E-state index contributed by atoms with van der Waals surface area (Å²) < 4.78 is 22.1. The Hall–Kier alpha value is -1.44. The Morgan fingerprint density at radius 1 is 1.28 bits per heavy atom. The van der Waals surface area contributed by atoms with Crippen molar-refractivity contribution in [2.24, 2.45) is 5.14 Å². The zero-order chi connectivity index (χ0) is 13.8. The van der Waals surface area contributed by atoms with Crippen molar-refractivity contribution < 1.29 is 13.2 Å². The van der Waals surface area contributed by atoms with Crippen molar-refractivity contribution >= 4 is 15.9 Å². The molecular formula is C11H17N3O3S. The lowest BCUT2D eigenvalue weighted by molar-refractivity contribution is -0.121. The SMILES string of the molecule is CN(C)CC(=O)NCc1ccc(S(N)(=O)=O)cc1. The third-order valence-corrected chi connectivity index (χ3v) is 3.13. The topological polar surface area (TPSA) is 92.5 Å². The normalized spacial score (nSPS) is 11.6. The first-order valence-electron chi connectivity index (χ1n) is 5.32. The van der Waals surface area contributed by atoms with Crippen LogP contribution in [-0.2, 0) is 21.4 Å². The van der Waals surface area contributed by atoms with Gasteiger partial charge >= 0.3 is 0 Å². The van der Waals surface area contributed by atoms with Gasteiger partial charge in [-0.1, -0.05) is 12.1 Å². The molecule has 6 nitrogen and oxygen atoms in total. The van der Waals surface area contributed by atoms with E-state index in [1.54, 1.807) is 31.1 Å². The Morgan fingerprint density at radius 3 is 2.28 bits per heavy atom. The zero-order valence-corrected chi connectivity index (χ0v) is 11.2. The molecule has 1 amide bonds. The fourth-order valence-corrected chi connectivity index (χ4v) is 1.86. The van der Waals surface area contributed by atoms with Gasteiger partial charge in [0.25, 0.3) is 0 Å². The van der Waals surface area contributed by atoms with Gasteiger partial charge in [0.05, 0.1) is 11.4 Å². The van der Waals surface area contributed by atoms with E-state index in [4.69, 9.17) is 5.14 Å². The van der Waals surface area contributed by atoms with Gasteiger partial charge < -0.3 is 10.2 Å². The smallest absolute Gasteiger partial charge is 0.238 e. The summed E-state index contributed by atoms with van der Waals surface area (Å²) in [6, 6.07) is 6.08. The maximum absolute atomic E-state index is 11.4. The van der Waals surface area contributed by atoms with E-state index in [0.29, 0.717) is 13.1 Å². The number of nitrogens with two attached hydrogens (primary N) is 1. The highest BCUT2D eigenvalue weighted by Gasteiger charge is 2.07. The van der Waals surface area contributed by atoms with Crippen LogP contribution in [0.4, 0.5) is 0 Å². The average molecular weight is 271 g/mol. The molecule has 0 saturated carbocycles. The molecule has 0 saturated heterocycles. The number of carbonyl (C=O) groups is 1. The minimum absolute atomic E-state index is 0.0610. The molecule has 100 valence electrons. The summed E-state index contributed by atoms with van der Waals surface area (Å²) in [5.41, 5.74) is 0.814. The van der Waals surface area contributed by atoms with Gasteiger partial charge in [-0.25, -0.2) is 13.6 Å². The van der Waals surface area contributed by atoms with Gasteiger partial charge in [0.2, 0.25) is 15.9 Å². The Morgan fingerprint density at radius 2 is 1.83 bits per heavy atom. The molecule has 0 heterocycles. The molecule has 7 heteroatoms. The number of nitrogens with one attached hydrogen (secondary N) is 1. The Bertz CT molecular complexity index is 509. The highest BCUT2D eigenvalue weighted by molar-refractivity contribution is 7.89. The van der Waals surface area contributed by atoms with Gasteiger partial charge in [0, 0.05) is 6.54 Å². The first-order chi connectivity index (χ1) is 8.29. The number of likely N-dealkylation sites (N-methyl/N-ethyl adjacent to an activating group) is 1. The lowest BCUT2D eigenvalue weighted by Gasteiger charge is -2.10. The predicted molar refractivity (Wildman–Crippen MR) is 68.2 cm³/mol. The van der Waals surface area contributed by atoms with Gasteiger partial charge in [-0.15, -0.1) is 0 Å². The van der Waals surface area contributed by atoms with E-state index in [2.05, 4.69) is 5.32 Å². The average Bonchev–Trinajstić information content (AvgIpc) is 2.25. The molecule has 0 aliphatic rings. The van der Waals surface area contributed by atoms with Crippen LogP contribution in [0.25, 0.3) is 0 Å². The molecule has 0 radical (unpaired) electrons. The van der Waals surface area contributed by atoms with Crippen LogP contribution >= 0.6 is 0 Å². The second-order valence-corrected chi connectivity index (χ2v) is 5.76. The molecule has 0 aliphatic heterocycles. The van der Waals surface area contributed by atoms with Crippen molar-refractivity contribution in [3.63, 3.8) is 0 Å². The van der Waals surface area contributed by atoms with Crippen LogP contribution in [0.3, 0.4) is 0 Å². The second kappa shape index (κ2) is 5.94. The fourth-order valence-electron chi connectivity index (χ4n) is 1.34. The van der Waals surface area contributed by atoms with E-state index in [1.165, 1.54) is 12.1 Å². The number of hydrogen-bond acceptors (Lipinski definition) is 4. The molecule has 3 N–H and O–H groups in total. The van der Waals surface area contributed by atoms with Crippen LogP contribution in [0.2, 0.25) is 0 Å². The van der Waals surface area contributed by atoms with Crippen LogP contribution in [0, 0.1) is 0 Å². The highest BCUT2D eigenvalue weighted by Crippen LogP contribution is 2.08. The molecule has 18 heavy (non-hydrogen) atoms. The molecule has 0 fully saturated rings. The van der Waals surface area contributed by atoms with Gasteiger partial charge in [0.1, 0.15) is 0 Å². The Labute approximate surface area is 107 Å². The van der Waals surface area contributed by atoms with Gasteiger partial charge in [-0.2, -0.15) is 0 Å². The molecule has 0 atom stereocenters. The first kappa shape index (κ1) is 14.6. The molecule has 0 bridgehead atoms. The highest BCUT2D eigenvalue weighted by atomic mass is 32.2. The van der Waals surface area contributed by atoms with Crippen molar-refractivity contribution in [2.75, 3.05) is 20.6 Å². The summed E-state index contributed by atoms with van der Waals surface area (Å²) in [5.74, 6) is -0.0875. The molecule has 0 spiro atoms. The summed E-state index contributed by atoms with van der Waals surface area (Å²) in [7, 11) is -0.0487. The third kappa shape index (κ3) is 4.82. The Balaban J connectivity index is 2.57. The largest absolute Gasteiger partial charge is 0.351 e. The van der Waals surface area contributed by atoms with E-state index in [9.17, 15) is 13.2 Å². The van der Waals surface area contributed by atoms with E-state index >= 15 is 0 Å². The van der Waals surface area contributed by atoms with Crippen molar-refractivity contribution in [3.05, 3.63) is 29.8 Å². The summed E-state index contributed by atoms with van der Waals surface area (Å²) in [5, 5.41) is 7.71. The molecule has 0 aromatic heterocycles. The first-order valence-corrected chi connectivity index (χ1v) is 6.87. The second-order valence-electron chi connectivity index (χ2n) is 4.20. The van der Waals surface area contributed by atoms with Gasteiger partial charge in [-0.05, 0) is 31.8 Å². The number of hydrogen-bond donors (Lipinski definition) is 2. The lowest BCUT2D eigenvalue weighted by atomic mass is 10.2. The maximum Gasteiger partial charge on any atom is 0.238 e. The van der Waals surface area contributed by atoms with Crippen molar-refractivity contribution in [1.29, 1.82) is 0 Å².